The van der Waals surface area contributed by atoms with Crippen molar-refractivity contribution in [2.75, 3.05) is 0 Å². The first-order chi connectivity index (χ1) is 10.2. The van der Waals surface area contributed by atoms with Crippen molar-refractivity contribution in [2.45, 2.75) is 43.0 Å². The highest BCUT2D eigenvalue weighted by Crippen LogP contribution is 2.28. The largest absolute Gasteiger partial charge is 0.308 e. The molecule has 3 rings (SSSR count). The molecule has 1 aromatic heterocycles. The second-order valence-corrected chi connectivity index (χ2v) is 6.72. The second-order valence-electron chi connectivity index (χ2n) is 5.29. The number of hydrogen-bond donors (Lipinski definition) is 1. The number of nitrogens with zero attached hydrogens (tertiary/aromatic N) is 2. The summed E-state index contributed by atoms with van der Waals surface area (Å²) in [7, 11) is 0. The van der Waals surface area contributed by atoms with Gasteiger partial charge in [-0.15, -0.1) is 11.8 Å². The maximum absolute atomic E-state index is 6.17. The number of aryl methyl sites for hydroxylation is 1. The Morgan fingerprint density at radius 2 is 2.10 bits per heavy atom. The Balaban J connectivity index is 1.65. The van der Waals surface area contributed by atoms with Crippen LogP contribution in [-0.4, -0.2) is 16.0 Å². The molecular weight excluding hydrogens is 302 g/mol. The molecule has 0 amide bonds. The quantitative estimate of drug-likeness (QED) is 0.817. The van der Waals surface area contributed by atoms with E-state index in [1.807, 2.05) is 31.2 Å². The van der Waals surface area contributed by atoms with E-state index in [-0.39, 0.29) is 0 Å². The zero-order valence-corrected chi connectivity index (χ0v) is 13.5. The molecule has 21 heavy (non-hydrogen) atoms. The van der Waals surface area contributed by atoms with Crippen LogP contribution in [0.3, 0.4) is 0 Å². The Bertz CT molecular complexity index is 629. The van der Waals surface area contributed by atoms with Crippen molar-refractivity contribution in [3.05, 3.63) is 52.6 Å². The summed E-state index contributed by atoms with van der Waals surface area (Å²) in [5, 5.41) is 4.28. The summed E-state index contributed by atoms with van der Waals surface area (Å²) in [6.45, 7) is 2.85. The molecule has 5 heteroatoms. The molecule has 0 saturated heterocycles. The van der Waals surface area contributed by atoms with Crippen LogP contribution in [0.25, 0.3) is 0 Å². The third-order valence-electron chi connectivity index (χ3n) is 3.30. The predicted molar refractivity (Wildman–Crippen MR) is 87.6 cm³/mol. The molecule has 2 aromatic rings. The number of benzene rings is 1. The maximum Gasteiger partial charge on any atom is 0.139 e. The first-order valence-corrected chi connectivity index (χ1v) is 8.51. The van der Waals surface area contributed by atoms with Gasteiger partial charge >= 0.3 is 0 Å². The number of hydrogen-bond acceptors (Lipinski definition) is 4. The van der Waals surface area contributed by atoms with Crippen molar-refractivity contribution in [1.82, 2.24) is 15.3 Å². The number of aromatic nitrogens is 2. The first kappa shape index (κ1) is 14.8. The Morgan fingerprint density at radius 1 is 1.29 bits per heavy atom. The zero-order valence-electron chi connectivity index (χ0n) is 12.0. The van der Waals surface area contributed by atoms with Gasteiger partial charge in [-0.3, -0.25) is 0 Å². The van der Waals surface area contributed by atoms with Crippen molar-refractivity contribution < 1.29 is 0 Å². The molecule has 1 aliphatic rings. The monoisotopic (exact) mass is 319 g/mol. The normalized spacial score (nSPS) is 14.4. The van der Waals surface area contributed by atoms with E-state index in [0.29, 0.717) is 6.04 Å². The van der Waals surface area contributed by atoms with E-state index in [2.05, 4.69) is 21.4 Å². The molecule has 1 aliphatic carbocycles. The van der Waals surface area contributed by atoms with Crippen LogP contribution in [0.2, 0.25) is 5.02 Å². The smallest absolute Gasteiger partial charge is 0.139 e. The highest BCUT2D eigenvalue weighted by molar-refractivity contribution is 7.98. The Kier molecular flexibility index (Phi) is 4.78. The number of rotatable bonds is 6. The van der Waals surface area contributed by atoms with Gasteiger partial charge in [0.05, 0.1) is 16.5 Å². The average molecular weight is 320 g/mol. The van der Waals surface area contributed by atoms with Crippen molar-refractivity contribution in [2.24, 2.45) is 0 Å². The molecule has 3 nitrogen and oxygen atoms in total. The van der Waals surface area contributed by atoms with Crippen molar-refractivity contribution >= 4 is 23.4 Å². The van der Waals surface area contributed by atoms with Gasteiger partial charge in [-0.25, -0.2) is 9.97 Å². The lowest BCUT2D eigenvalue weighted by Gasteiger charge is -2.07. The first-order valence-electron chi connectivity index (χ1n) is 7.15. The van der Waals surface area contributed by atoms with Crippen LogP contribution < -0.4 is 5.32 Å². The van der Waals surface area contributed by atoms with E-state index in [9.17, 15) is 0 Å². The van der Waals surface area contributed by atoms with Crippen molar-refractivity contribution in [1.29, 1.82) is 0 Å². The lowest BCUT2D eigenvalue weighted by atomic mass is 10.3. The van der Waals surface area contributed by atoms with E-state index in [1.165, 1.54) is 12.8 Å². The Hall–Kier alpha value is -1.10. The lowest BCUT2D eigenvalue weighted by molar-refractivity contribution is 0.668. The van der Waals surface area contributed by atoms with Crippen LogP contribution in [0.1, 0.15) is 30.1 Å². The van der Waals surface area contributed by atoms with Gasteiger partial charge < -0.3 is 5.32 Å². The fraction of sp³-hybridized carbons (Fsp3) is 0.375. The Morgan fingerprint density at radius 3 is 2.86 bits per heavy atom. The second kappa shape index (κ2) is 6.77. The highest BCUT2D eigenvalue weighted by Gasteiger charge is 2.20. The standard InChI is InChI=1S/C16H18ClN3S/c1-11-8-13(9-18-12-6-7-12)20-16(19-11)10-21-15-5-3-2-4-14(15)17/h2-5,8,12,18H,6-7,9-10H2,1H3. The number of halogens is 1. The average Bonchev–Trinajstić information content (AvgIpc) is 3.28. The minimum absolute atomic E-state index is 0.696. The van der Waals surface area contributed by atoms with Gasteiger partial charge in [-0.1, -0.05) is 23.7 Å². The predicted octanol–water partition coefficient (Wildman–Crippen LogP) is 3.98. The molecule has 0 spiro atoms. The third-order valence-corrected chi connectivity index (χ3v) is 4.81. The summed E-state index contributed by atoms with van der Waals surface area (Å²) in [6, 6.07) is 10.6. The molecule has 0 radical (unpaired) electrons. The number of thioether (sulfide) groups is 1. The maximum atomic E-state index is 6.17. The summed E-state index contributed by atoms with van der Waals surface area (Å²) in [6.07, 6.45) is 2.58. The summed E-state index contributed by atoms with van der Waals surface area (Å²) in [5.41, 5.74) is 2.09. The fourth-order valence-electron chi connectivity index (χ4n) is 2.10. The van der Waals surface area contributed by atoms with Gasteiger partial charge in [0.2, 0.25) is 0 Å². The molecule has 1 aromatic carbocycles. The van der Waals surface area contributed by atoms with Crippen molar-refractivity contribution in [3.8, 4) is 0 Å². The van der Waals surface area contributed by atoms with Gasteiger partial charge in [-0.2, -0.15) is 0 Å². The van der Waals surface area contributed by atoms with Crippen LogP contribution in [0.15, 0.2) is 35.2 Å². The van der Waals surface area contributed by atoms with Crippen LogP contribution in [-0.2, 0) is 12.3 Å². The van der Waals surface area contributed by atoms with Crippen LogP contribution in [0, 0.1) is 6.92 Å². The molecule has 1 N–H and O–H groups in total. The molecule has 0 unspecified atom stereocenters. The van der Waals surface area contributed by atoms with Gasteiger partial charge in [0.1, 0.15) is 5.82 Å². The summed E-state index contributed by atoms with van der Waals surface area (Å²) >= 11 is 7.85. The summed E-state index contributed by atoms with van der Waals surface area (Å²) in [4.78, 5) is 10.2. The lowest BCUT2D eigenvalue weighted by Crippen LogP contribution is -2.17. The Labute approximate surface area is 134 Å². The van der Waals surface area contributed by atoms with Gasteiger partial charge in [0.25, 0.3) is 0 Å². The highest BCUT2D eigenvalue weighted by atomic mass is 35.5. The molecule has 0 bridgehead atoms. The molecule has 0 atom stereocenters. The molecule has 0 aliphatic heterocycles. The van der Waals surface area contributed by atoms with Gasteiger partial charge in [0, 0.05) is 23.2 Å². The van der Waals surface area contributed by atoms with Gasteiger partial charge in [0.15, 0.2) is 0 Å². The van der Waals surface area contributed by atoms with Gasteiger partial charge in [-0.05, 0) is 38.0 Å². The minimum atomic E-state index is 0.696. The molecule has 1 fully saturated rings. The fourth-order valence-corrected chi connectivity index (χ4v) is 3.19. The van der Waals surface area contributed by atoms with Crippen LogP contribution in [0.5, 0.6) is 0 Å². The van der Waals surface area contributed by atoms with Crippen LogP contribution >= 0.6 is 23.4 Å². The van der Waals surface area contributed by atoms with Crippen molar-refractivity contribution in [3.63, 3.8) is 0 Å². The third kappa shape index (κ3) is 4.43. The molecular formula is C16H18ClN3S. The van der Waals surface area contributed by atoms with E-state index in [0.717, 1.165) is 39.4 Å². The molecule has 1 heterocycles. The SMILES string of the molecule is Cc1cc(CNC2CC2)nc(CSc2ccccc2Cl)n1. The van der Waals surface area contributed by atoms with Crippen LogP contribution in [0.4, 0.5) is 0 Å². The summed E-state index contributed by atoms with van der Waals surface area (Å²) in [5.74, 6) is 1.61. The topological polar surface area (TPSA) is 37.8 Å². The molecule has 1 saturated carbocycles. The molecule has 110 valence electrons. The van der Waals surface area contributed by atoms with E-state index in [1.54, 1.807) is 11.8 Å². The van der Waals surface area contributed by atoms with E-state index < -0.39 is 0 Å². The van der Waals surface area contributed by atoms with E-state index >= 15 is 0 Å². The zero-order chi connectivity index (χ0) is 14.7. The minimum Gasteiger partial charge on any atom is -0.308 e. The summed E-state index contributed by atoms with van der Waals surface area (Å²) < 4.78 is 0. The van der Waals surface area contributed by atoms with E-state index in [4.69, 9.17) is 11.6 Å². The number of nitrogens with one attached hydrogen (secondary N) is 1.